The van der Waals surface area contributed by atoms with Crippen LogP contribution in [0.3, 0.4) is 0 Å². The summed E-state index contributed by atoms with van der Waals surface area (Å²) in [6.07, 6.45) is -0.485. The van der Waals surface area contributed by atoms with E-state index in [4.69, 9.17) is 11.6 Å². The van der Waals surface area contributed by atoms with Crippen LogP contribution >= 0.6 is 23.4 Å². The van der Waals surface area contributed by atoms with E-state index in [-0.39, 0.29) is 11.8 Å². The number of benzene rings is 1. The number of rotatable bonds is 5. The zero-order chi connectivity index (χ0) is 12.0. The average Bonchev–Trinajstić information content (AvgIpc) is 2.27. The second kappa shape index (κ2) is 6.78. The fourth-order valence-corrected chi connectivity index (χ4v) is 2.14. The smallest absolute Gasteiger partial charge is 0.221 e. The number of carbonyl (C=O) groups is 1. The number of amides is 1. The Hall–Kier alpha value is -0.710. The van der Waals surface area contributed by atoms with Gasteiger partial charge in [0.25, 0.3) is 0 Å². The predicted octanol–water partition coefficient (Wildman–Crippen LogP) is 2.34. The van der Waals surface area contributed by atoms with E-state index in [9.17, 15) is 9.90 Å². The van der Waals surface area contributed by atoms with Crippen molar-refractivity contribution in [1.29, 1.82) is 0 Å². The van der Waals surface area contributed by atoms with Gasteiger partial charge in [0.15, 0.2) is 0 Å². The molecular weight excluding hydrogens is 246 g/mol. The molecule has 1 amide bonds. The molecule has 0 bridgehead atoms. The maximum absolute atomic E-state index is 10.8. The summed E-state index contributed by atoms with van der Waals surface area (Å²) in [7, 11) is 0. The van der Waals surface area contributed by atoms with Crippen LogP contribution in [0.1, 0.15) is 6.92 Å². The van der Waals surface area contributed by atoms with Crippen LogP contribution in [0.15, 0.2) is 29.2 Å². The van der Waals surface area contributed by atoms with Crippen LogP contribution in [-0.2, 0) is 4.79 Å². The van der Waals surface area contributed by atoms with E-state index in [0.29, 0.717) is 5.75 Å². The SMILES string of the molecule is CC(=O)Nc1ccc(SCC(O)CCl)cc1. The van der Waals surface area contributed by atoms with E-state index in [0.717, 1.165) is 10.6 Å². The summed E-state index contributed by atoms with van der Waals surface area (Å²) in [5.74, 6) is 0.734. The van der Waals surface area contributed by atoms with Gasteiger partial charge >= 0.3 is 0 Å². The van der Waals surface area contributed by atoms with E-state index in [2.05, 4.69) is 5.32 Å². The summed E-state index contributed by atoms with van der Waals surface area (Å²) in [6.45, 7) is 1.47. The number of halogens is 1. The Morgan fingerprint density at radius 3 is 2.62 bits per heavy atom. The summed E-state index contributed by atoms with van der Waals surface area (Å²) in [6, 6.07) is 7.46. The third-order valence-corrected chi connectivity index (χ3v) is 3.31. The number of alkyl halides is 1. The topological polar surface area (TPSA) is 49.3 Å². The van der Waals surface area contributed by atoms with Gasteiger partial charge in [-0.25, -0.2) is 0 Å². The highest BCUT2D eigenvalue weighted by Gasteiger charge is 2.03. The lowest BCUT2D eigenvalue weighted by molar-refractivity contribution is -0.114. The Morgan fingerprint density at radius 2 is 2.12 bits per heavy atom. The van der Waals surface area contributed by atoms with Gasteiger partial charge in [-0.2, -0.15) is 0 Å². The van der Waals surface area contributed by atoms with Crippen LogP contribution in [0.2, 0.25) is 0 Å². The molecule has 5 heteroatoms. The molecule has 1 aromatic carbocycles. The van der Waals surface area contributed by atoms with Crippen LogP contribution in [0.4, 0.5) is 5.69 Å². The van der Waals surface area contributed by atoms with Crippen LogP contribution in [0.25, 0.3) is 0 Å². The molecule has 0 saturated heterocycles. The van der Waals surface area contributed by atoms with Gasteiger partial charge in [0.05, 0.1) is 6.10 Å². The van der Waals surface area contributed by atoms with Crippen molar-refractivity contribution in [2.24, 2.45) is 0 Å². The van der Waals surface area contributed by atoms with E-state index in [1.807, 2.05) is 24.3 Å². The van der Waals surface area contributed by atoms with E-state index < -0.39 is 6.10 Å². The van der Waals surface area contributed by atoms with E-state index in [1.165, 1.54) is 18.7 Å². The zero-order valence-corrected chi connectivity index (χ0v) is 10.5. The Morgan fingerprint density at radius 1 is 1.50 bits per heavy atom. The molecule has 0 radical (unpaired) electrons. The number of thioether (sulfide) groups is 1. The fraction of sp³-hybridized carbons (Fsp3) is 0.364. The van der Waals surface area contributed by atoms with Crippen molar-refractivity contribution in [3.05, 3.63) is 24.3 Å². The molecular formula is C11H14ClNO2S. The molecule has 2 N–H and O–H groups in total. The summed E-state index contributed by atoms with van der Waals surface area (Å²) >= 11 is 7.02. The van der Waals surface area contributed by atoms with Gasteiger partial charge in [-0.05, 0) is 24.3 Å². The molecule has 16 heavy (non-hydrogen) atoms. The van der Waals surface area contributed by atoms with Crippen molar-refractivity contribution in [2.75, 3.05) is 16.9 Å². The van der Waals surface area contributed by atoms with Crippen molar-refractivity contribution >= 4 is 35.0 Å². The maximum atomic E-state index is 10.8. The molecule has 0 saturated carbocycles. The molecule has 0 aromatic heterocycles. The van der Waals surface area contributed by atoms with Crippen molar-refractivity contribution in [1.82, 2.24) is 0 Å². The third-order valence-electron chi connectivity index (χ3n) is 1.80. The Bertz CT molecular complexity index is 342. The molecule has 0 fully saturated rings. The minimum atomic E-state index is -0.485. The normalized spacial score (nSPS) is 12.2. The molecule has 1 aromatic rings. The molecule has 3 nitrogen and oxygen atoms in total. The van der Waals surface area contributed by atoms with Crippen LogP contribution < -0.4 is 5.32 Å². The van der Waals surface area contributed by atoms with Crippen LogP contribution in [0, 0.1) is 0 Å². The summed E-state index contributed by atoms with van der Waals surface area (Å²) in [5, 5.41) is 12.0. The Labute approximate surface area is 104 Å². The third kappa shape index (κ3) is 4.88. The highest BCUT2D eigenvalue weighted by Crippen LogP contribution is 2.21. The number of hydrogen-bond acceptors (Lipinski definition) is 3. The van der Waals surface area contributed by atoms with Gasteiger partial charge in [0.2, 0.25) is 5.91 Å². The van der Waals surface area contributed by atoms with Gasteiger partial charge in [-0.3, -0.25) is 4.79 Å². The van der Waals surface area contributed by atoms with Crippen molar-refractivity contribution in [2.45, 2.75) is 17.9 Å². The standard InChI is InChI=1S/C11H14ClNO2S/c1-8(14)13-9-2-4-11(5-3-9)16-7-10(15)6-12/h2-5,10,15H,6-7H2,1H3,(H,13,14). The monoisotopic (exact) mass is 259 g/mol. The van der Waals surface area contributed by atoms with Gasteiger partial charge in [0, 0.05) is 29.1 Å². The Balaban J connectivity index is 2.48. The number of hydrogen-bond donors (Lipinski definition) is 2. The highest BCUT2D eigenvalue weighted by atomic mass is 35.5. The maximum Gasteiger partial charge on any atom is 0.221 e. The molecule has 0 aliphatic heterocycles. The lowest BCUT2D eigenvalue weighted by Gasteiger charge is -2.07. The summed E-state index contributed by atoms with van der Waals surface area (Å²) in [4.78, 5) is 11.8. The molecule has 1 unspecified atom stereocenters. The van der Waals surface area contributed by atoms with Crippen molar-refractivity contribution in [3.8, 4) is 0 Å². The average molecular weight is 260 g/mol. The van der Waals surface area contributed by atoms with Crippen molar-refractivity contribution in [3.63, 3.8) is 0 Å². The van der Waals surface area contributed by atoms with Crippen molar-refractivity contribution < 1.29 is 9.90 Å². The van der Waals surface area contributed by atoms with Gasteiger partial charge in [0.1, 0.15) is 0 Å². The molecule has 88 valence electrons. The van der Waals surface area contributed by atoms with Crippen LogP contribution in [0.5, 0.6) is 0 Å². The van der Waals surface area contributed by atoms with E-state index in [1.54, 1.807) is 0 Å². The van der Waals surface area contributed by atoms with Gasteiger partial charge < -0.3 is 10.4 Å². The summed E-state index contributed by atoms with van der Waals surface area (Å²) in [5.41, 5.74) is 0.773. The quantitative estimate of drug-likeness (QED) is 0.630. The minimum Gasteiger partial charge on any atom is -0.391 e. The Kier molecular flexibility index (Phi) is 5.66. The molecule has 0 aliphatic carbocycles. The first-order valence-corrected chi connectivity index (χ1v) is 6.38. The van der Waals surface area contributed by atoms with E-state index >= 15 is 0 Å². The van der Waals surface area contributed by atoms with Crippen LogP contribution in [-0.4, -0.2) is 28.8 Å². The fourth-order valence-electron chi connectivity index (χ4n) is 1.07. The number of anilines is 1. The largest absolute Gasteiger partial charge is 0.391 e. The molecule has 0 heterocycles. The first kappa shape index (κ1) is 13.4. The zero-order valence-electron chi connectivity index (χ0n) is 8.94. The first-order valence-electron chi connectivity index (χ1n) is 4.86. The number of aliphatic hydroxyl groups is 1. The predicted molar refractivity (Wildman–Crippen MR) is 68.2 cm³/mol. The number of carbonyl (C=O) groups excluding carboxylic acids is 1. The molecule has 1 atom stereocenters. The highest BCUT2D eigenvalue weighted by molar-refractivity contribution is 7.99. The number of nitrogens with one attached hydrogen (secondary N) is 1. The lowest BCUT2D eigenvalue weighted by atomic mass is 10.3. The number of aliphatic hydroxyl groups excluding tert-OH is 1. The second-order valence-electron chi connectivity index (χ2n) is 3.32. The molecule has 0 spiro atoms. The first-order chi connectivity index (χ1) is 7.61. The molecule has 0 aliphatic rings. The second-order valence-corrected chi connectivity index (χ2v) is 4.73. The van der Waals surface area contributed by atoms with Gasteiger partial charge in [-0.1, -0.05) is 0 Å². The summed E-state index contributed by atoms with van der Waals surface area (Å²) < 4.78 is 0. The minimum absolute atomic E-state index is 0.0852. The lowest BCUT2D eigenvalue weighted by Crippen LogP contribution is -2.10. The van der Waals surface area contributed by atoms with Gasteiger partial charge in [-0.15, -0.1) is 23.4 Å². The molecule has 1 rings (SSSR count).